The third kappa shape index (κ3) is 5.81. The van der Waals surface area contributed by atoms with Crippen molar-refractivity contribution in [1.29, 1.82) is 0 Å². The first-order valence-corrected chi connectivity index (χ1v) is 9.15. The Hall–Kier alpha value is -3.40. The summed E-state index contributed by atoms with van der Waals surface area (Å²) in [5.74, 6) is -0.453. The van der Waals surface area contributed by atoms with Crippen molar-refractivity contribution in [1.82, 2.24) is 20.3 Å². The number of ether oxygens (including phenoxy) is 1. The number of rotatable bonds is 8. The van der Waals surface area contributed by atoms with Crippen LogP contribution in [0.3, 0.4) is 0 Å². The molecule has 144 valence electrons. The lowest BCUT2D eigenvalue weighted by molar-refractivity contribution is -0.120. The van der Waals surface area contributed by atoms with Crippen molar-refractivity contribution < 1.29 is 18.7 Å². The molecule has 0 atom stereocenters. The maximum absolute atomic E-state index is 12.8. The molecule has 0 saturated heterocycles. The van der Waals surface area contributed by atoms with Crippen LogP contribution in [0.4, 0.5) is 9.52 Å². The summed E-state index contributed by atoms with van der Waals surface area (Å²) < 4.78 is 18.2. The Bertz CT molecular complexity index is 934. The van der Waals surface area contributed by atoms with Crippen LogP contribution in [0, 0.1) is 5.82 Å². The number of nitrogens with zero attached hydrogens (tertiary/aromatic N) is 3. The van der Waals surface area contributed by atoms with Gasteiger partial charge in [-0.2, -0.15) is 0 Å². The summed E-state index contributed by atoms with van der Waals surface area (Å²) in [5, 5.41) is 7.39. The van der Waals surface area contributed by atoms with E-state index in [1.807, 2.05) is 0 Å². The zero-order chi connectivity index (χ0) is 19.8. The van der Waals surface area contributed by atoms with E-state index in [4.69, 9.17) is 4.74 Å². The van der Waals surface area contributed by atoms with Gasteiger partial charge >= 0.3 is 0 Å². The molecule has 2 amide bonds. The molecule has 0 aliphatic heterocycles. The molecule has 3 rings (SSSR count). The summed E-state index contributed by atoms with van der Waals surface area (Å²) >= 11 is 1.21. The van der Waals surface area contributed by atoms with Crippen LogP contribution in [0.2, 0.25) is 0 Å². The SMILES string of the molecule is O=C(Cc1csc(NC(=O)c2cnccn2)n1)NCCOc1ccc(F)cc1. The second-order valence-electron chi connectivity index (χ2n) is 5.52. The molecule has 3 aromatic rings. The van der Waals surface area contributed by atoms with E-state index >= 15 is 0 Å². The largest absolute Gasteiger partial charge is 0.492 e. The quantitative estimate of drug-likeness (QED) is 0.560. The molecule has 1 aromatic carbocycles. The topological polar surface area (TPSA) is 106 Å². The van der Waals surface area contributed by atoms with Crippen LogP contribution < -0.4 is 15.4 Å². The molecule has 8 nitrogen and oxygen atoms in total. The average Bonchev–Trinajstić information content (AvgIpc) is 3.14. The van der Waals surface area contributed by atoms with Gasteiger partial charge in [0.25, 0.3) is 5.91 Å². The van der Waals surface area contributed by atoms with Gasteiger partial charge in [-0.3, -0.25) is 19.9 Å². The molecule has 0 spiro atoms. The minimum atomic E-state index is -0.420. The van der Waals surface area contributed by atoms with Gasteiger partial charge in [0.05, 0.1) is 24.9 Å². The first-order chi connectivity index (χ1) is 13.6. The zero-order valence-corrected chi connectivity index (χ0v) is 15.4. The Morgan fingerprint density at radius 1 is 1.18 bits per heavy atom. The van der Waals surface area contributed by atoms with E-state index in [1.54, 1.807) is 5.38 Å². The van der Waals surface area contributed by atoms with Crippen molar-refractivity contribution in [2.45, 2.75) is 6.42 Å². The standard InChI is InChI=1S/C18H16FN5O3S/c19-12-1-3-14(4-2-12)27-8-7-22-16(25)9-13-11-28-18(23-13)24-17(26)15-10-20-5-6-21-15/h1-6,10-11H,7-9H2,(H,22,25)(H,23,24,26). The monoisotopic (exact) mass is 401 g/mol. The Morgan fingerprint density at radius 3 is 2.75 bits per heavy atom. The normalized spacial score (nSPS) is 10.3. The summed E-state index contributed by atoms with van der Waals surface area (Å²) in [6.07, 6.45) is 4.33. The predicted octanol–water partition coefficient (Wildman–Crippen LogP) is 2.06. The molecule has 0 aliphatic rings. The number of hydrogen-bond acceptors (Lipinski definition) is 7. The van der Waals surface area contributed by atoms with Crippen LogP contribution in [0.5, 0.6) is 5.75 Å². The lowest BCUT2D eigenvalue weighted by Gasteiger charge is -2.07. The molecule has 2 N–H and O–H groups in total. The molecule has 10 heteroatoms. The molecule has 0 unspecified atom stereocenters. The first kappa shape index (κ1) is 19.4. The molecule has 0 saturated carbocycles. The fourth-order valence-electron chi connectivity index (χ4n) is 2.14. The molecule has 2 aromatic heterocycles. The zero-order valence-electron chi connectivity index (χ0n) is 14.6. The highest BCUT2D eigenvalue weighted by molar-refractivity contribution is 7.14. The second kappa shape index (κ2) is 9.51. The smallest absolute Gasteiger partial charge is 0.277 e. The number of thiazole rings is 1. The molecular formula is C18H16FN5O3S. The maximum Gasteiger partial charge on any atom is 0.277 e. The Kier molecular flexibility index (Phi) is 6.58. The lowest BCUT2D eigenvalue weighted by atomic mass is 10.3. The van der Waals surface area contributed by atoms with E-state index in [1.165, 1.54) is 54.2 Å². The van der Waals surface area contributed by atoms with Crippen LogP contribution in [0.15, 0.2) is 48.2 Å². The number of anilines is 1. The van der Waals surface area contributed by atoms with E-state index in [-0.39, 0.29) is 30.4 Å². The highest BCUT2D eigenvalue weighted by Gasteiger charge is 2.12. The number of benzene rings is 1. The van der Waals surface area contributed by atoms with Crippen LogP contribution in [-0.2, 0) is 11.2 Å². The Morgan fingerprint density at radius 2 is 2.00 bits per heavy atom. The molecular weight excluding hydrogens is 385 g/mol. The molecule has 0 radical (unpaired) electrons. The van der Waals surface area contributed by atoms with Crippen LogP contribution in [0.1, 0.15) is 16.2 Å². The fraction of sp³-hybridized carbons (Fsp3) is 0.167. The van der Waals surface area contributed by atoms with E-state index in [0.29, 0.717) is 23.1 Å². The van der Waals surface area contributed by atoms with Crippen LogP contribution in [0.25, 0.3) is 0 Å². The van der Waals surface area contributed by atoms with Crippen molar-refractivity contribution >= 4 is 28.3 Å². The van der Waals surface area contributed by atoms with Crippen molar-refractivity contribution in [3.8, 4) is 5.75 Å². The van der Waals surface area contributed by atoms with Gasteiger partial charge in [0.15, 0.2) is 5.13 Å². The van der Waals surface area contributed by atoms with Crippen molar-refractivity contribution in [3.05, 3.63) is 65.4 Å². The van der Waals surface area contributed by atoms with Gasteiger partial charge in [0.1, 0.15) is 23.9 Å². The predicted molar refractivity (Wildman–Crippen MR) is 101 cm³/mol. The molecule has 28 heavy (non-hydrogen) atoms. The summed E-state index contributed by atoms with van der Waals surface area (Å²) in [4.78, 5) is 35.9. The summed E-state index contributed by atoms with van der Waals surface area (Å²) in [7, 11) is 0. The molecule has 0 aliphatic carbocycles. The fourth-order valence-corrected chi connectivity index (χ4v) is 2.85. The molecule has 0 bridgehead atoms. The Labute approximate surface area is 163 Å². The number of amides is 2. The third-order valence-electron chi connectivity index (χ3n) is 3.42. The third-order valence-corrected chi connectivity index (χ3v) is 4.22. The summed E-state index contributed by atoms with van der Waals surface area (Å²) in [5.41, 5.74) is 0.717. The minimum Gasteiger partial charge on any atom is -0.492 e. The van der Waals surface area contributed by atoms with Crippen molar-refractivity contribution in [3.63, 3.8) is 0 Å². The number of halogens is 1. The Balaban J connectivity index is 1.40. The van der Waals surface area contributed by atoms with Crippen molar-refractivity contribution in [2.75, 3.05) is 18.5 Å². The van der Waals surface area contributed by atoms with E-state index in [9.17, 15) is 14.0 Å². The van der Waals surface area contributed by atoms with Crippen LogP contribution in [-0.4, -0.2) is 39.9 Å². The van der Waals surface area contributed by atoms with Gasteiger partial charge in [-0.25, -0.2) is 14.4 Å². The summed E-state index contributed by atoms with van der Waals surface area (Å²) in [6.45, 7) is 0.560. The highest BCUT2D eigenvalue weighted by Crippen LogP contribution is 2.16. The van der Waals surface area contributed by atoms with Gasteiger partial charge in [-0.15, -0.1) is 11.3 Å². The number of carbonyl (C=O) groups is 2. The van der Waals surface area contributed by atoms with E-state index in [2.05, 4.69) is 25.6 Å². The summed E-state index contributed by atoms with van der Waals surface area (Å²) in [6, 6.07) is 5.64. The van der Waals surface area contributed by atoms with Gasteiger partial charge < -0.3 is 10.1 Å². The van der Waals surface area contributed by atoms with E-state index < -0.39 is 5.91 Å². The number of nitrogens with one attached hydrogen (secondary N) is 2. The van der Waals surface area contributed by atoms with Gasteiger partial charge in [-0.05, 0) is 24.3 Å². The highest BCUT2D eigenvalue weighted by atomic mass is 32.1. The maximum atomic E-state index is 12.8. The second-order valence-corrected chi connectivity index (χ2v) is 6.38. The minimum absolute atomic E-state index is 0.0774. The number of carbonyl (C=O) groups excluding carboxylic acids is 2. The average molecular weight is 401 g/mol. The van der Waals surface area contributed by atoms with E-state index in [0.717, 1.165) is 0 Å². The number of aromatic nitrogens is 3. The van der Waals surface area contributed by atoms with Gasteiger partial charge in [0.2, 0.25) is 5.91 Å². The van der Waals surface area contributed by atoms with Gasteiger partial charge in [0, 0.05) is 17.8 Å². The van der Waals surface area contributed by atoms with Gasteiger partial charge in [-0.1, -0.05) is 0 Å². The molecule has 2 heterocycles. The number of hydrogen-bond donors (Lipinski definition) is 2. The lowest BCUT2D eigenvalue weighted by Crippen LogP contribution is -2.29. The van der Waals surface area contributed by atoms with Crippen molar-refractivity contribution in [2.24, 2.45) is 0 Å². The van der Waals surface area contributed by atoms with Crippen LogP contribution >= 0.6 is 11.3 Å². The molecule has 0 fully saturated rings. The first-order valence-electron chi connectivity index (χ1n) is 8.27.